The first-order valence-corrected chi connectivity index (χ1v) is 11.4. The first kappa shape index (κ1) is 22.7. The molecule has 0 aliphatic rings. The number of hydrogen-bond acceptors (Lipinski definition) is 6. The average molecular weight is 445 g/mol. The maximum atomic E-state index is 6.63. The zero-order chi connectivity index (χ0) is 23.4. The highest BCUT2D eigenvalue weighted by molar-refractivity contribution is 5.92. The molecular weight excluding hydrogens is 412 g/mol. The van der Waals surface area contributed by atoms with Gasteiger partial charge in [-0.05, 0) is 52.1 Å². The number of aryl methyl sites for hydroxylation is 2. The van der Waals surface area contributed by atoms with E-state index in [1.165, 1.54) is 0 Å². The Morgan fingerprint density at radius 2 is 1.76 bits per heavy atom. The van der Waals surface area contributed by atoms with E-state index in [-0.39, 0.29) is 6.10 Å². The van der Waals surface area contributed by atoms with Crippen LogP contribution in [0.15, 0.2) is 54.6 Å². The molecule has 1 N–H and O–H groups in total. The lowest BCUT2D eigenvalue weighted by molar-refractivity contribution is 0.194. The second-order valence-electron chi connectivity index (χ2n) is 8.22. The van der Waals surface area contributed by atoms with Crippen molar-refractivity contribution >= 4 is 16.7 Å². The van der Waals surface area contributed by atoms with Crippen LogP contribution >= 0.6 is 0 Å². The Kier molecular flexibility index (Phi) is 6.89. The van der Waals surface area contributed by atoms with E-state index < -0.39 is 0 Å². The molecule has 0 fully saturated rings. The monoisotopic (exact) mass is 444 g/mol. The van der Waals surface area contributed by atoms with Crippen LogP contribution in [0.1, 0.15) is 36.4 Å². The number of aromatic nitrogens is 4. The largest absolute Gasteiger partial charge is 0.483 e. The van der Waals surface area contributed by atoms with E-state index in [1.807, 2.05) is 56.0 Å². The van der Waals surface area contributed by atoms with Crippen LogP contribution in [-0.4, -0.2) is 47.2 Å². The predicted octanol–water partition coefficient (Wildman–Crippen LogP) is 4.62. The maximum absolute atomic E-state index is 6.63. The van der Waals surface area contributed by atoms with Crippen molar-refractivity contribution in [1.82, 2.24) is 25.3 Å². The van der Waals surface area contributed by atoms with Gasteiger partial charge >= 0.3 is 0 Å². The van der Waals surface area contributed by atoms with E-state index in [9.17, 15) is 0 Å². The first-order chi connectivity index (χ1) is 16.0. The van der Waals surface area contributed by atoms with Gasteiger partial charge in [-0.15, -0.1) is 5.10 Å². The normalized spacial score (nSPS) is 12.2. The quantitative estimate of drug-likeness (QED) is 0.406. The van der Waals surface area contributed by atoms with Crippen molar-refractivity contribution in [2.45, 2.75) is 33.3 Å². The van der Waals surface area contributed by atoms with E-state index >= 15 is 0 Å². The number of nitrogens with one attached hydrogen (secondary N) is 1. The van der Waals surface area contributed by atoms with Crippen LogP contribution in [0.4, 0.5) is 5.82 Å². The van der Waals surface area contributed by atoms with Gasteiger partial charge in [-0.3, -0.25) is 0 Å². The number of fused-ring (bicyclic) bond motifs is 1. The van der Waals surface area contributed by atoms with Crippen LogP contribution in [0.5, 0.6) is 5.75 Å². The van der Waals surface area contributed by atoms with Gasteiger partial charge in [0.2, 0.25) is 0 Å². The molecule has 1 atom stereocenters. The molecule has 4 aromatic rings. The zero-order valence-electron chi connectivity index (χ0n) is 20.0. The third-order valence-electron chi connectivity index (χ3n) is 6.01. The SMILES string of the molecule is CCN(C)c1nnc(C)c2c(C)n(-c3ccccc3OC(CCNC)c3ccccc3)nc12. The molecule has 0 amide bonds. The molecule has 7 heteroatoms. The van der Waals surface area contributed by atoms with Gasteiger partial charge in [0.1, 0.15) is 23.1 Å². The van der Waals surface area contributed by atoms with Crippen LogP contribution in [0.25, 0.3) is 16.6 Å². The van der Waals surface area contributed by atoms with Gasteiger partial charge in [0, 0.05) is 20.0 Å². The molecule has 0 saturated heterocycles. The minimum atomic E-state index is -0.0723. The fourth-order valence-corrected chi connectivity index (χ4v) is 4.07. The molecule has 0 aliphatic heterocycles. The molecule has 33 heavy (non-hydrogen) atoms. The standard InChI is InChI=1S/C26H32N6O/c1-6-31(5)26-25-24(18(2)28-29-26)19(3)32(30-25)21-14-10-11-15-23(21)33-22(16-17-27-4)20-12-8-7-9-13-20/h7-15,22,27H,6,16-17H2,1-5H3. The smallest absolute Gasteiger partial charge is 0.179 e. The second-order valence-corrected chi connectivity index (χ2v) is 8.22. The lowest BCUT2D eigenvalue weighted by Crippen LogP contribution is -2.18. The Morgan fingerprint density at radius 1 is 1.03 bits per heavy atom. The highest BCUT2D eigenvalue weighted by Gasteiger charge is 2.21. The third-order valence-corrected chi connectivity index (χ3v) is 6.01. The highest BCUT2D eigenvalue weighted by atomic mass is 16.5. The summed E-state index contributed by atoms with van der Waals surface area (Å²) in [5.41, 5.74) is 4.80. The molecular formula is C26H32N6O. The molecule has 1 unspecified atom stereocenters. The maximum Gasteiger partial charge on any atom is 0.179 e. The Balaban J connectivity index is 1.80. The van der Waals surface area contributed by atoms with Crippen LogP contribution in [-0.2, 0) is 0 Å². The van der Waals surface area contributed by atoms with E-state index in [4.69, 9.17) is 9.84 Å². The predicted molar refractivity (Wildman–Crippen MR) is 133 cm³/mol. The Hall–Kier alpha value is -3.45. The number of ether oxygens (including phenoxy) is 1. The van der Waals surface area contributed by atoms with E-state index in [0.29, 0.717) is 0 Å². The molecule has 2 aromatic carbocycles. The minimum absolute atomic E-state index is 0.0723. The number of hydrogen-bond donors (Lipinski definition) is 1. The molecule has 172 valence electrons. The summed E-state index contributed by atoms with van der Waals surface area (Å²) in [6, 6.07) is 18.4. The fourth-order valence-electron chi connectivity index (χ4n) is 4.07. The van der Waals surface area contributed by atoms with Gasteiger partial charge in [0.25, 0.3) is 0 Å². The number of para-hydroxylation sites is 2. The van der Waals surface area contributed by atoms with Crippen molar-refractivity contribution < 1.29 is 4.74 Å². The molecule has 4 rings (SSSR count). The van der Waals surface area contributed by atoms with Crippen LogP contribution in [0.2, 0.25) is 0 Å². The van der Waals surface area contributed by atoms with Gasteiger partial charge < -0.3 is 15.0 Å². The highest BCUT2D eigenvalue weighted by Crippen LogP contribution is 2.34. The minimum Gasteiger partial charge on any atom is -0.483 e. The molecule has 0 bridgehead atoms. The summed E-state index contributed by atoms with van der Waals surface area (Å²) in [6.45, 7) is 7.83. The fraction of sp³-hybridized carbons (Fsp3) is 0.346. The van der Waals surface area contributed by atoms with E-state index in [2.05, 4.69) is 58.5 Å². The van der Waals surface area contributed by atoms with Gasteiger partial charge in [0.15, 0.2) is 5.82 Å². The lowest BCUT2D eigenvalue weighted by Gasteiger charge is -2.22. The Bertz CT molecular complexity index is 1220. The van der Waals surface area contributed by atoms with Gasteiger partial charge in [-0.25, -0.2) is 4.68 Å². The molecule has 0 spiro atoms. The molecule has 2 aromatic heterocycles. The molecule has 7 nitrogen and oxygen atoms in total. The van der Waals surface area contributed by atoms with Crippen molar-refractivity contribution in [1.29, 1.82) is 0 Å². The van der Waals surface area contributed by atoms with Gasteiger partial charge in [-0.2, -0.15) is 10.2 Å². The molecule has 0 aliphatic carbocycles. The van der Waals surface area contributed by atoms with E-state index in [1.54, 1.807) is 0 Å². The number of nitrogens with zero attached hydrogens (tertiary/aromatic N) is 5. The topological polar surface area (TPSA) is 68.1 Å². The van der Waals surface area contributed by atoms with Crippen LogP contribution in [0.3, 0.4) is 0 Å². The van der Waals surface area contributed by atoms with Crippen LogP contribution < -0.4 is 15.0 Å². The summed E-state index contributed by atoms with van der Waals surface area (Å²) in [4.78, 5) is 2.07. The zero-order valence-corrected chi connectivity index (χ0v) is 20.0. The Labute approximate surface area is 195 Å². The van der Waals surface area contributed by atoms with Crippen molar-refractivity contribution in [3.05, 3.63) is 71.5 Å². The van der Waals surface area contributed by atoms with E-state index in [0.717, 1.165) is 64.6 Å². The lowest BCUT2D eigenvalue weighted by atomic mass is 10.1. The van der Waals surface area contributed by atoms with Crippen molar-refractivity contribution in [2.24, 2.45) is 0 Å². The second kappa shape index (κ2) is 10.0. The van der Waals surface area contributed by atoms with Crippen LogP contribution in [0, 0.1) is 13.8 Å². The summed E-state index contributed by atoms with van der Waals surface area (Å²) in [5.74, 6) is 1.58. The molecule has 0 saturated carbocycles. The van der Waals surface area contributed by atoms with Crippen molar-refractivity contribution in [2.75, 3.05) is 32.1 Å². The number of benzene rings is 2. The molecule has 0 radical (unpaired) electrons. The summed E-state index contributed by atoms with van der Waals surface area (Å²) >= 11 is 0. The van der Waals surface area contributed by atoms with Crippen molar-refractivity contribution in [3.63, 3.8) is 0 Å². The number of anilines is 1. The van der Waals surface area contributed by atoms with Gasteiger partial charge in [-0.1, -0.05) is 42.5 Å². The summed E-state index contributed by atoms with van der Waals surface area (Å²) in [6.07, 6.45) is 0.782. The van der Waals surface area contributed by atoms with Crippen molar-refractivity contribution in [3.8, 4) is 11.4 Å². The Morgan fingerprint density at radius 3 is 2.48 bits per heavy atom. The average Bonchev–Trinajstić information content (AvgIpc) is 3.20. The number of rotatable bonds is 9. The summed E-state index contributed by atoms with van der Waals surface area (Å²) in [5, 5.41) is 18.1. The summed E-state index contributed by atoms with van der Waals surface area (Å²) < 4.78 is 8.59. The third kappa shape index (κ3) is 4.54. The first-order valence-electron chi connectivity index (χ1n) is 11.4. The summed E-state index contributed by atoms with van der Waals surface area (Å²) in [7, 11) is 3.97. The van der Waals surface area contributed by atoms with Gasteiger partial charge in [0.05, 0.1) is 16.8 Å². The molecule has 2 heterocycles.